The van der Waals surface area contributed by atoms with Crippen LogP contribution in [0.4, 0.5) is 14.6 Å². The number of nitrogens with one attached hydrogen (secondary N) is 2. The third-order valence-electron chi connectivity index (χ3n) is 6.83. The van der Waals surface area contributed by atoms with Crippen LogP contribution >= 0.6 is 0 Å². The van der Waals surface area contributed by atoms with Crippen LogP contribution in [-0.2, 0) is 4.79 Å². The number of nitrogen functional groups attached to an aromatic ring is 1. The zero-order valence-electron chi connectivity index (χ0n) is 18.2. The van der Waals surface area contributed by atoms with Gasteiger partial charge in [-0.25, -0.2) is 18.3 Å². The smallest absolute Gasteiger partial charge is 0.259 e. The molecule has 13 heteroatoms. The highest BCUT2D eigenvalue weighted by molar-refractivity contribution is 6.04. The largest absolute Gasteiger partial charge is 0.381 e. The van der Waals surface area contributed by atoms with E-state index in [0.29, 0.717) is 32.7 Å². The summed E-state index contributed by atoms with van der Waals surface area (Å²) >= 11 is 0. The van der Waals surface area contributed by atoms with Gasteiger partial charge in [-0.2, -0.15) is 0 Å². The fraction of sp³-hybridized carbons (Fsp3) is 0.600. The second-order valence-corrected chi connectivity index (χ2v) is 8.85. The van der Waals surface area contributed by atoms with E-state index in [1.165, 1.54) is 0 Å². The van der Waals surface area contributed by atoms with Crippen molar-refractivity contribution in [3.63, 3.8) is 0 Å². The molecular weight excluding hydrogens is 436 g/mol. The summed E-state index contributed by atoms with van der Waals surface area (Å²) in [5.74, 6) is -1.23. The van der Waals surface area contributed by atoms with E-state index in [9.17, 15) is 14.0 Å². The van der Waals surface area contributed by atoms with Crippen LogP contribution in [0.1, 0.15) is 10.4 Å². The Morgan fingerprint density at radius 1 is 1.24 bits per heavy atom. The van der Waals surface area contributed by atoms with Crippen LogP contribution in [0.15, 0.2) is 12.4 Å². The van der Waals surface area contributed by atoms with Crippen LogP contribution in [0.25, 0.3) is 5.65 Å². The number of nitrogens with two attached hydrogens (primary N) is 1. The average Bonchev–Trinajstić information content (AvgIpc) is 3.11. The number of hydrogen-bond acceptors (Lipinski definition) is 8. The number of fused-ring (bicyclic) bond motifs is 2. The first-order valence-electron chi connectivity index (χ1n) is 11.0. The number of halogens is 2. The lowest BCUT2D eigenvalue weighted by molar-refractivity contribution is -0.145. The zero-order chi connectivity index (χ0) is 23.3. The Labute approximate surface area is 188 Å². The molecule has 0 spiro atoms. The molecule has 5 heterocycles. The van der Waals surface area contributed by atoms with Crippen molar-refractivity contribution in [2.45, 2.75) is 24.3 Å². The number of aromatic nitrogens is 3. The molecular formula is C20H27F2N9O2. The van der Waals surface area contributed by atoms with Crippen molar-refractivity contribution in [1.82, 2.24) is 39.9 Å². The fourth-order valence-corrected chi connectivity index (χ4v) is 5.13. The Bertz CT molecular complexity index is 1080. The van der Waals surface area contributed by atoms with Gasteiger partial charge in [0.05, 0.1) is 24.5 Å². The number of nitrogens with zero attached hydrogens (tertiary/aromatic N) is 6. The van der Waals surface area contributed by atoms with Crippen molar-refractivity contribution >= 4 is 23.3 Å². The van der Waals surface area contributed by atoms with Gasteiger partial charge in [-0.15, -0.1) is 5.10 Å². The molecule has 3 fully saturated rings. The highest BCUT2D eigenvalue weighted by Crippen LogP contribution is 2.24. The number of alkyl halides is 1. The maximum Gasteiger partial charge on any atom is 0.259 e. The summed E-state index contributed by atoms with van der Waals surface area (Å²) in [5.41, 5.74) is 6.05. The number of hydrogen-bond donors (Lipinski definition) is 3. The lowest BCUT2D eigenvalue weighted by Gasteiger charge is -2.50. The number of rotatable bonds is 3. The second kappa shape index (κ2) is 8.47. The fourth-order valence-electron chi connectivity index (χ4n) is 5.13. The van der Waals surface area contributed by atoms with E-state index in [2.05, 4.69) is 25.6 Å². The Balaban J connectivity index is 1.37. The average molecular weight is 463 g/mol. The first-order valence-corrected chi connectivity index (χ1v) is 11.0. The zero-order valence-corrected chi connectivity index (χ0v) is 18.2. The van der Waals surface area contributed by atoms with Gasteiger partial charge in [0.1, 0.15) is 17.8 Å². The molecule has 3 saturated heterocycles. The molecule has 5 rings (SSSR count). The van der Waals surface area contributed by atoms with Gasteiger partial charge in [-0.3, -0.25) is 19.4 Å². The van der Waals surface area contributed by atoms with Gasteiger partial charge in [0.25, 0.3) is 5.91 Å². The van der Waals surface area contributed by atoms with Gasteiger partial charge in [-0.05, 0) is 0 Å². The molecule has 0 bridgehead atoms. The summed E-state index contributed by atoms with van der Waals surface area (Å²) in [6.45, 7) is 3.68. The third kappa shape index (κ3) is 3.89. The first kappa shape index (κ1) is 21.9. The number of piperidine rings is 1. The van der Waals surface area contributed by atoms with Crippen LogP contribution < -0.4 is 16.4 Å². The van der Waals surface area contributed by atoms with Crippen LogP contribution in [-0.4, -0.2) is 118 Å². The number of likely N-dealkylation sites (N-methyl/N-ethyl adjacent to an activating group) is 1. The molecule has 4 unspecified atom stereocenters. The molecule has 2 aromatic rings. The molecule has 4 atom stereocenters. The Morgan fingerprint density at radius 2 is 2.00 bits per heavy atom. The third-order valence-corrected chi connectivity index (χ3v) is 6.83. The van der Waals surface area contributed by atoms with Gasteiger partial charge < -0.3 is 21.3 Å². The Hall–Kier alpha value is -2.90. The summed E-state index contributed by atoms with van der Waals surface area (Å²) in [7, 11) is 1.78. The normalized spacial score (nSPS) is 29.3. The number of carbonyl (C=O) groups is 2. The lowest BCUT2D eigenvalue weighted by atomic mass is 9.94. The number of anilines is 1. The van der Waals surface area contributed by atoms with E-state index < -0.39 is 30.0 Å². The molecule has 4 N–H and O–H groups in total. The summed E-state index contributed by atoms with van der Waals surface area (Å²) in [6, 6.07) is -1.49. The van der Waals surface area contributed by atoms with E-state index >= 15 is 4.39 Å². The molecule has 11 nitrogen and oxygen atoms in total. The van der Waals surface area contributed by atoms with E-state index in [4.69, 9.17) is 5.73 Å². The predicted molar refractivity (Wildman–Crippen MR) is 115 cm³/mol. The monoisotopic (exact) mass is 463 g/mol. The predicted octanol–water partition coefficient (Wildman–Crippen LogP) is -1.68. The molecule has 0 aromatic carbocycles. The lowest BCUT2D eigenvalue weighted by Crippen LogP contribution is -2.71. The number of amides is 2. The van der Waals surface area contributed by atoms with Gasteiger partial charge in [0.2, 0.25) is 5.91 Å². The van der Waals surface area contributed by atoms with Gasteiger partial charge >= 0.3 is 0 Å². The summed E-state index contributed by atoms with van der Waals surface area (Å²) in [4.78, 5) is 35.6. The van der Waals surface area contributed by atoms with Crippen molar-refractivity contribution in [3.8, 4) is 0 Å². The molecule has 0 aliphatic carbocycles. The van der Waals surface area contributed by atoms with Crippen LogP contribution in [0.2, 0.25) is 0 Å². The van der Waals surface area contributed by atoms with Crippen molar-refractivity contribution in [3.05, 3.63) is 23.8 Å². The molecule has 0 saturated carbocycles. The summed E-state index contributed by atoms with van der Waals surface area (Å²) in [5, 5.41) is 9.85. The highest BCUT2D eigenvalue weighted by Gasteiger charge is 2.44. The van der Waals surface area contributed by atoms with Crippen molar-refractivity contribution in [2.24, 2.45) is 0 Å². The minimum absolute atomic E-state index is 0.0173. The minimum atomic E-state index is -1.24. The molecule has 178 valence electrons. The maximum atomic E-state index is 15.2. The minimum Gasteiger partial charge on any atom is -0.381 e. The standard InChI is InChI=1S/C20H27F2N9O2/c1-28-2-3-29-4-5-30(10-14(29)20(28)33)16-12(22)7-24-8-13(16)26-19(32)15-17(23)27-31-9-11(21)6-25-18(15)31/h6,9,12-14,16,24H,2-5,7-8,10H2,1H3,(H2,23,27)(H,26,32). The molecule has 2 aromatic heterocycles. The topological polar surface area (TPSA) is 124 Å². The number of piperazine rings is 2. The highest BCUT2D eigenvalue weighted by atomic mass is 19.1. The Kier molecular flexibility index (Phi) is 5.62. The van der Waals surface area contributed by atoms with E-state index in [1.807, 2.05) is 4.90 Å². The van der Waals surface area contributed by atoms with Crippen LogP contribution in [0, 0.1) is 5.82 Å². The summed E-state index contributed by atoms with van der Waals surface area (Å²) < 4.78 is 29.8. The molecule has 3 aliphatic rings. The van der Waals surface area contributed by atoms with Gasteiger partial charge in [0.15, 0.2) is 17.3 Å². The van der Waals surface area contributed by atoms with Crippen LogP contribution in [0.3, 0.4) is 0 Å². The van der Waals surface area contributed by atoms with Gasteiger partial charge in [0, 0.05) is 52.9 Å². The second-order valence-electron chi connectivity index (χ2n) is 8.85. The van der Waals surface area contributed by atoms with E-state index in [0.717, 1.165) is 23.5 Å². The maximum absolute atomic E-state index is 15.2. The summed E-state index contributed by atoms with van der Waals surface area (Å²) in [6.07, 6.45) is 0.823. The quantitative estimate of drug-likeness (QED) is 0.493. The Morgan fingerprint density at radius 3 is 2.82 bits per heavy atom. The molecule has 3 aliphatic heterocycles. The molecule has 33 heavy (non-hydrogen) atoms. The van der Waals surface area contributed by atoms with Crippen molar-refractivity contribution in [2.75, 3.05) is 58.6 Å². The SMILES string of the molecule is CN1CCN2CCN(C3C(F)CNCC3NC(=O)c3c(N)nn4cc(F)cnc34)CC2C1=O. The van der Waals surface area contributed by atoms with E-state index in [1.54, 1.807) is 11.9 Å². The molecule has 2 amide bonds. The first-order chi connectivity index (χ1) is 15.8. The van der Waals surface area contributed by atoms with Crippen molar-refractivity contribution in [1.29, 1.82) is 0 Å². The molecule has 0 radical (unpaired) electrons. The van der Waals surface area contributed by atoms with Crippen molar-refractivity contribution < 1.29 is 18.4 Å². The van der Waals surface area contributed by atoms with Gasteiger partial charge in [-0.1, -0.05) is 0 Å². The number of carbonyl (C=O) groups excluding carboxylic acids is 2. The van der Waals surface area contributed by atoms with Crippen LogP contribution in [0.5, 0.6) is 0 Å². The van der Waals surface area contributed by atoms with E-state index in [-0.39, 0.29) is 35.5 Å².